The molecule has 0 aliphatic heterocycles. The summed E-state index contributed by atoms with van der Waals surface area (Å²) in [5.41, 5.74) is 35.0. The van der Waals surface area contributed by atoms with E-state index in [1.807, 2.05) is 12.2 Å². The van der Waals surface area contributed by atoms with Crippen molar-refractivity contribution in [1.82, 2.24) is 24.9 Å². The molecule has 0 atom stereocenters. The van der Waals surface area contributed by atoms with E-state index in [2.05, 4.69) is 254 Å². The molecule has 3 radical (unpaired) electrons. The number of imidazole rings is 2. The summed E-state index contributed by atoms with van der Waals surface area (Å²) < 4.78 is 12.0. The third-order valence-electron chi connectivity index (χ3n) is 17.9. The summed E-state index contributed by atoms with van der Waals surface area (Å²) in [5, 5.41) is 3.40. The zero-order valence-electron chi connectivity index (χ0n) is 52.7. The van der Waals surface area contributed by atoms with E-state index in [0.717, 1.165) is 166 Å². The number of hydrogen-bond donors (Lipinski definition) is 4. The van der Waals surface area contributed by atoms with E-state index in [1.165, 1.54) is 77.7 Å². The van der Waals surface area contributed by atoms with E-state index in [0.29, 0.717) is 0 Å². The predicted molar refractivity (Wildman–Crippen MR) is 385 cm³/mol. The molecule has 0 spiro atoms. The van der Waals surface area contributed by atoms with Gasteiger partial charge >= 0.3 is 0 Å². The van der Waals surface area contributed by atoms with Gasteiger partial charge in [-0.3, -0.25) is 0 Å². The van der Waals surface area contributed by atoms with Crippen molar-refractivity contribution >= 4 is 118 Å². The lowest BCUT2D eigenvalue weighted by molar-refractivity contribution is 0.557. The van der Waals surface area contributed by atoms with Gasteiger partial charge < -0.3 is 29.5 Å². The highest BCUT2D eigenvalue weighted by Crippen LogP contribution is 2.39. The maximum absolute atomic E-state index is 6.32. The molecular formula is C79H76B3N6O2. The number of aromatic amines is 3. The van der Waals surface area contributed by atoms with Crippen LogP contribution in [-0.4, -0.2) is 46.8 Å². The molecule has 5 N–H and O–H groups in total. The molecule has 15 rings (SSSR count). The number of nitrogens with one attached hydrogen (secondary N) is 3. The van der Waals surface area contributed by atoms with Gasteiger partial charge in [0.1, 0.15) is 56.2 Å². The van der Waals surface area contributed by atoms with Gasteiger partial charge in [-0.15, -0.1) is 0 Å². The number of benzene rings is 8. The van der Waals surface area contributed by atoms with Crippen LogP contribution in [0.5, 0.6) is 0 Å². The fourth-order valence-electron chi connectivity index (χ4n) is 12.6. The monoisotopic (exact) mass is 1170 g/mol. The first-order valence-electron chi connectivity index (χ1n) is 32.3. The van der Waals surface area contributed by atoms with Gasteiger partial charge in [0.2, 0.25) is 0 Å². The Morgan fingerprint density at radius 3 is 1.73 bits per heavy atom. The van der Waals surface area contributed by atoms with Gasteiger partial charge in [0.05, 0.1) is 33.4 Å². The normalized spacial score (nSPS) is 12.6. The summed E-state index contributed by atoms with van der Waals surface area (Å²) >= 11 is 0. The van der Waals surface area contributed by atoms with Crippen LogP contribution < -0.4 is 5.73 Å². The van der Waals surface area contributed by atoms with Crippen molar-refractivity contribution in [2.45, 2.75) is 112 Å². The van der Waals surface area contributed by atoms with Crippen LogP contribution in [0, 0.1) is 0 Å². The molecule has 0 saturated heterocycles. The van der Waals surface area contributed by atoms with Crippen LogP contribution in [0.2, 0.25) is 39.4 Å². The van der Waals surface area contributed by atoms with Gasteiger partial charge in [-0.25, -0.2) is 9.97 Å². The molecule has 443 valence electrons. The first kappa shape index (κ1) is 59.5. The molecule has 11 heteroatoms. The highest BCUT2D eigenvalue weighted by atomic mass is 16.3. The topological polar surface area (TPSA) is 125 Å². The quantitative estimate of drug-likeness (QED) is 0.0637. The molecule has 0 fully saturated rings. The van der Waals surface area contributed by atoms with Gasteiger partial charge in [0, 0.05) is 39.2 Å². The molecule has 2 aliphatic carbocycles. The molecule has 0 unspecified atom stereocenters. The number of aromatic nitrogens is 5. The van der Waals surface area contributed by atoms with Crippen LogP contribution in [0.25, 0.3) is 113 Å². The van der Waals surface area contributed by atoms with Gasteiger partial charge in [0.15, 0.2) is 0 Å². The average molecular weight is 1170 g/mol. The van der Waals surface area contributed by atoms with Crippen LogP contribution in [0.15, 0.2) is 173 Å². The maximum Gasteiger partial charge on any atom is 0.138 e. The Hall–Kier alpha value is -9.47. The van der Waals surface area contributed by atoms with Crippen molar-refractivity contribution in [2.75, 3.05) is 5.73 Å². The fraction of sp³-hybridized carbons (Fsp3) is 0.215. The fourth-order valence-corrected chi connectivity index (χ4v) is 12.6. The lowest BCUT2D eigenvalue weighted by Gasteiger charge is -2.07. The Morgan fingerprint density at radius 1 is 0.456 bits per heavy atom. The third-order valence-corrected chi connectivity index (χ3v) is 17.9. The molecule has 0 saturated carbocycles. The molecule has 5 aromatic heterocycles. The minimum absolute atomic E-state index is 0.776. The van der Waals surface area contributed by atoms with Gasteiger partial charge in [-0.05, 0) is 196 Å². The first-order valence-corrected chi connectivity index (χ1v) is 32.3. The smallest absolute Gasteiger partial charge is 0.138 e. The van der Waals surface area contributed by atoms with Crippen molar-refractivity contribution in [3.05, 3.63) is 242 Å². The van der Waals surface area contributed by atoms with E-state index >= 15 is 0 Å². The second-order valence-electron chi connectivity index (χ2n) is 24.1. The Labute approximate surface area is 531 Å². The number of nitrogen functional groups attached to an aromatic ring is 1. The second-order valence-corrected chi connectivity index (χ2v) is 24.1. The third kappa shape index (κ3) is 13.0. The molecule has 5 heterocycles. The van der Waals surface area contributed by atoms with E-state index in [4.69, 9.17) is 24.5 Å². The summed E-state index contributed by atoms with van der Waals surface area (Å²) in [6.07, 6.45) is 20.3. The van der Waals surface area contributed by atoms with Crippen molar-refractivity contribution in [3.8, 4) is 22.8 Å². The van der Waals surface area contributed by atoms with E-state index in [9.17, 15) is 0 Å². The van der Waals surface area contributed by atoms with Crippen LogP contribution in [0.1, 0.15) is 99.2 Å². The Kier molecular flexibility index (Phi) is 17.7. The van der Waals surface area contributed by atoms with Crippen molar-refractivity contribution in [3.63, 3.8) is 0 Å². The molecule has 90 heavy (non-hydrogen) atoms. The number of rotatable bonds is 18. The number of aryl methyl sites for hydroxylation is 6. The molecular weight excluding hydrogens is 1100 g/mol. The molecule has 0 amide bonds. The molecule has 13 aromatic rings. The summed E-state index contributed by atoms with van der Waals surface area (Å²) in [6, 6.07) is 59.0. The number of nitrogens with zero attached hydrogens (tertiary/aromatic N) is 2. The minimum Gasteiger partial charge on any atom is -0.461 e. The van der Waals surface area contributed by atoms with Crippen molar-refractivity contribution in [1.29, 1.82) is 0 Å². The standard InChI is InChI=1S/C31H28BO.C25H24BN4.C23H24BN2O/c1-3-30-18-25-9-8-24(19-31(25)33-30)29-15-23-7-6-22(14-28(23)17-29)27-13-21-5-4-20(10-11-32-2)12-26(21)16-27;1-3-16-4-7-18(8-5-16)24-27-21-11-9-19(15-23(21)30-24)25-28-20-10-6-17(12-13-26-2)14-22(20)29-25;1-3-15-4-7-19-21(13-15)26-20(23(19)25)8-6-18-14-17-12-16(10-11-24-2)5-9-22(17)27-18/h4-9,12-15,18-19H,3,10-11,16-17H2,1-2H3;4-11,14-15H,3,12-13H2,1-2H3,(H,27,30)(H,28,29);4-9,12-14,26H,3,10-11,25H2,1-2H3. The van der Waals surface area contributed by atoms with Crippen molar-refractivity contribution < 1.29 is 8.83 Å². The van der Waals surface area contributed by atoms with Crippen LogP contribution in [0.4, 0.5) is 5.69 Å². The molecule has 0 bridgehead atoms. The number of nitrogens with two attached hydrogens (primary N) is 1. The SMILES string of the molecule is C[B]CCc1ccc2c(c1)CC(c1ccc3c(c1)CC(c1ccc4cc(CC)oc4c1)=C3)=C2.C[B]CCc1ccc2nc(-c3ccc4nc(-c5ccc(CC)cc5)[nH]c4c3)[nH]c2c1.C[B]CCc1ccc2oc(C=Cc3[nH]c4cc(CC)ccc4c3N)cc2c1. The second kappa shape index (κ2) is 26.7. The Morgan fingerprint density at radius 2 is 1.02 bits per heavy atom. The number of fused-ring (bicyclic) bond motifs is 7. The Bertz CT molecular complexity index is 4830. The summed E-state index contributed by atoms with van der Waals surface area (Å²) in [5.74, 6) is 3.66. The molecule has 8 nitrogen and oxygen atoms in total. The van der Waals surface area contributed by atoms with Gasteiger partial charge in [0.25, 0.3) is 0 Å². The number of anilines is 1. The van der Waals surface area contributed by atoms with E-state index < -0.39 is 0 Å². The van der Waals surface area contributed by atoms with Crippen LogP contribution in [-0.2, 0) is 51.4 Å². The summed E-state index contributed by atoms with van der Waals surface area (Å²) in [4.78, 5) is 19.9. The highest BCUT2D eigenvalue weighted by Gasteiger charge is 2.20. The lowest BCUT2D eigenvalue weighted by Crippen LogP contribution is -1.92. The number of hydrogen-bond acceptors (Lipinski definition) is 5. The zero-order chi connectivity index (χ0) is 61.7. The van der Waals surface area contributed by atoms with E-state index in [1.54, 1.807) is 0 Å². The maximum atomic E-state index is 6.32. The summed E-state index contributed by atoms with van der Waals surface area (Å²) in [7, 11) is 6.65. The largest absolute Gasteiger partial charge is 0.461 e. The van der Waals surface area contributed by atoms with Crippen LogP contribution >= 0.6 is 0 Å². The predicted octanol–water partition coefficient (Wildman–Crippen LogP) is 19.9. The van der Waals surface area contributed by atoms with Gasteiger partial charge in [-0.1, -0.05) is 169 Å². The highest BCUT2D eigenvalue weighted by molar-refractivity contribution is 6.34. The zero-order valence-corrected chi connectivity index (χ0v) is 52.7. The van der Waals surface area contributed by atoms with Crippen molar-refractivity contribution in [2.24, 2.45) is 0 Å². The van der Waals surface area contributed by atoms with Gasteiger partial charge in [-0.2, -0.15) is 0 Å². The number of allylic oxidation sites excluding steroid dienone is 2. The average Bonchev–Trinajstić information content (AvgIpc) is 1.92. The van der Waals surface area contributed by atoms with E-state index in [-0.39, 0.29) is 0 Å². The first-order chi connectivity index (χ1) is 44.1. The summed E-state index contributed by atoms with van der Waals surface area (Å²) in [6.45, 7) is 12.8. The Balaban J connectivity index is 0.000000125. The number of furan rings is 2. The molecule has 2 aliphatic rings. The number of H-pyrrole nitrogens is 3. The lowest BCUT2D eigenvalue weighted by atomic mass is 9.75. The minimum atomic E-state index is 0.776. The van der Waals surface area contributed by atoms with Crippen LogP contribution in [0.3, 0.4) is 0 Å². The molecule has 8 aromatic carbocycles.